The van der Waals surface area contributed by atoms with Crippen molar-refractivity contribution in [1.82, 2.24) is 14.7 Å². The van der Waals surface area contributed by atoms with E-state index in [1.807, 2.05) is 27.7 Å². The Labute approximate surface area is 451 Å². The Balaban J connectivity index is -0.0000000889. The Bertz CT molecular complexity index is 975. The molecule has 0 aliphatic heterocycles. The van der Waals surface area contributed by atoms with Gasteiger partial charge >= 0.3 is 17.9 Å². The van der Waals surface area contributed by atoms with Crippen LogP contribution in [0, 0.1) is 53.3 Å². The first kappa shape index (κ1) is 89.7. The summed E-state index contributed by atoms with van der Waals surface area (Å²) in [6, 6.07) is 0. The number of nitrogens with zero attached hydrogens (tertiary/aromatic N) is 3. The molecule has 0 fully saturated rings. The number of aliphatic hydroxyl groups excluding tert-OH is 3. The molecule has 0 amide bonds. The third kappa shape index (κ3) is 165. The second kappa shape index (κ2) is 71.2. The van der Waals surface area contributed by atoms with E-state index in [1.54, 1.807) is 0 Å². The van der Waals surface area contributed by atoms with Crippen molar-refractivity contribution in [2.24, 2.45) is 53.3 Å². The molecule has 0 saturated carbocycles. The second-order valence-corrected chi connectivity index (χ2v) is 23.8. The lowest BCUT2D eigenvalue weighted by molar-refractivity contribution is -0.138. The first-order valence-corrected chi connectivity index (χ1v) is 28.5. The first-order chi connectivity index (χ1) is 33.1. The molecule has 0 aromatic carbocycles. The Morgan fingerprint density at radius 3 is 0.806 bits per heavy atom. The van der Waals surface area contributed by atoms with Gasteiger partial charge in [0.2, 0.25) is 0 Å². The molecule has 444 valence electrons. The molecule has 0 atom stereocenters. The lowest BCUT2D eigenvalue weighted by atomic mass is 10.1. The van der Waals surface area contributed by atoms with Crippen molar-refractivity contribution in [3.05, 3.63) is 0 Å². The van der Waals surface area contributed by atoms with Gasteiger partial charge in [0, 0.05) is 39.1 Å². The van der Waals surface area contributed by atoms with Crippen LogP contribution in [-0.2, 0) is 14.4 Å². The van der Waals surface area contributed by atoms with Gasteiger partial charge in [0.25, 0.3) is 0 Å². The predicted octanol–water partition coefficient (Wildman–Crippen LogP) is 14.7. The van der Waals surface area contributed by atoms with Crippen molar-refractivity contribution in [2.45, 2.75) is 240 Å². The maximum Gasteiger partial charge on any atom is 0.303 e. The summed E-state index contributed by atoms with van der Waals surface area (Å²) in [5, 5.41) is 49.4. The molecule has 12 nitrogen and oxygen atoms in total. The SMILES string of the molecule is CC(C)CC(=O)O.CC(C)CCC(=O)O.CC(C)CCCC(=O)O.CC(C)CCCCN(C)C.CC(C)CCCCO.CC(C)CCCN(C)C.CC(C)CCCO.CC(C)CCN(C)C.CC(C)CCO. The molecule has 6 N–H and O–H groups in total. The molecule has 0 aromatic rings. The molecule has 0 aromatic heterocycles. The number of rotatable bonds is 30. The average molecular weight is 1040 g/mol. The van der Waals surface area contributed by atoms with Crippen molar-refractivity contribution in [1.29, 1.82) is 0 Å². The summed E-state index contributed by atoms with van der Waals surface area (Å²) in [6.45, 7) is 43.3. The molecular weight excluding hydrogens is 907 g/mol. The third-order valence-corrected chi connectivity index (χ3v) is 9.70. The van der Waals surface area contributed by atoms with Crippen LogP contribution in [0.15, 0.2) is 0 Å². The van der Waals surface area contributed by atoms with E-state index in [0.29, 0.717) is 50.4 Å². The molecule has 0 radical (unpaired) electrons. The zero-order chi connectivity index (χ0) is 58.6. The Kier molecular flexibility index (Phi) is 88.8. The fourth-order valence-electron chi connectivity index (χ4n) is 5.16. The van der Waals surface area contributed by atoms with E-state index in [4.69, 9.17) is 30.6 Å². The standard InChI is InChI=1S/C9H21N.C8H19N.C7H17N.C7H14O2.C7H16O.C6H12O2.C6H14O.C5H10O2.C5H12O/c1-9(2)7-5-6-8-10(3)4;1-8(2)6-5-7-9(3)4;1-7(2)5-6-8(3)4;1-6(2)4-3-5-7(8)9;1-7(2)5-3-4-6-8;1-5(2)3-4-6(7)8;1-6(2)4-3-5-7;1-4(2)3-5(6)7;1-5(2)3-4-6/h9H,5-8H2,1-4H3;8H,5-7H2,1-4H3;7H,5-6H2,1-4H3;6H,3-5H2,1-2H3,(H,8,9);7-8H,3-6H2,1-2H3;5H,3-4H2,1-2H3,(H,7,8);6-7H,3-5H2,1-2H3;4H,3H2,1-2H3,(H,6,7);5-6H,3-4H2,1-2H3. The van der Waals surface area contributed by atoms with E-state index < -0.39 is 17.9 Å². The molecule has 0 heterocycles. The molecular formula is C60H135N3O9. The number of carboxylic acids is 3. The van der Waals surface area contributed by atoms with Gasteiger partial charge in [0.15, 0.2) is 0 Å². The molecule has 72 heavy (non-hydrogen) atoms. The van der Waals surface area contributed by atoms with Crippen LogP contribution >= 0.6 is 0 Å². The van der Waals surface area contributed by atoms with Gasteiger partial charge in [-0.3, -0.25) is 14.4 Å². The Morgan fingerprint density at radius 2 is 0.597 bits per heavy atom. The number of hydrogen-bond acceptors (Lipinski definition) is 9. The van der Waals surface area contributed by atoms with Gasteiger partial charge in [0.05, 0.1) is 0 Å². The van der Waals surface area contributed by atoms with Gasteiger partial charge in [-0.15, -0.1) is 0 Å². The summed E-state index contributed by atoms with van der Waals surface area (Å²) < 4.78 is 0. The zero-order valence-corrected chi connectivity index (χ0v) is 52.9. The highest BCUT2D eigenvalue weighted by atomic mass is 16.4. The summed E-state index contributed by atoms with van der Waals surface area (Å²) >= 11 is 0. The summed E-state index contributed by atoms with van der Waals surface area (Å²) in [7, 11) is 12.7. The van der Waals surface area contributed by atoms with Crippen LogP contribution in [0.4, 0.5) is 0 Å². The van der Waals surface area contributed by atoms with E-state index in [0.717, 1.165) is 74.5 Å². The van der Waals surface area contributed by atoms with Crippen molar-refractivity contribution in [2.75, 3.05) is 81.7 Å². The number of unbranched alkanes of at least 4 members (excludes halogenated alkanes) is 2. The number of aliphatic carboxylic acids is 3. The Hall–Kier alpha value is -1.83. The van der Waals surface area contributed by atoms with Crippen LogP contribution in [0.2, 0.25) is 0 Å². The highest BCUT2D eigenvalue weighted by Gasteiger charge is 2.01. The number of carboxylic acid groups (broad SMARTS) is 3. The van der Waals surface area contributed by atoms with Gasteiger partial charge in [-0.1, -0.05) is 157 Å². The monoisotopic (exact) mass is 1040 g/mol. The van der Waals surface area contributed by atoms with E-state index in [-0.39, 0.29) is 12.3 Å². The maximum atomic E-state index is 9.98. The molecule has 12 heteroatoms. The predicted molar refractivity (Wildman–Crippen MR) is 316 cm³/mol. The van der Waals surface area contributed by atoms with Crippen LogP contribution < -0.4 is 0 Å². The van der Waals surface area contributed by atoms with E-state index in [1.165, 1.54) is 71.0 Å². The van der Waals surface area contributed by atoms with Crippen LogP contribution in [0.25, 0.3) is 0 Å². The minimum atomic E-state index is -0.713. The van der Waals surface area contributed by atoms with Crippen molar-refractivity contribution >= 4 is 17.9 Å². The summed E-state index contributed by atoms with van der Waals surface area (Å²) in [6.07, 6.45) is 18.1. The number of carbonyl (C=O) groups is 3. The zero-order valence-electron chi connectivity index (χ0n) is 52.9. The quantitative estimate of drug-likeness (QED) is 0.0375. The molecule has 0 spiro atoms. The highest BCUT2D eigenvalue weighted by Crippen LogP contribution is 2.08. The van der Waals surface area contributed by atoms with Gasteiger partial charge in [-0.2, -0.15) is 0 Å². The van der Waals surface area contributed by atoms with Gasteiger partial charge in [-0.05, 0) is 179 Å². The normalized spacial score (nSPS) is 10.5. The third-order valence-electron chi connectivity index (χ3n) is 9.70. The lowest BCUT2D eigenvalue weighted by Gasteiger charge is -2.10. The smallest absolute Gasteiger partial charge is 0.303 e. The van der Waals surface area contributed by atoms with E-state index >= 15 is 0 Å². The van der Waals surface area contributed by atoms with Gasteiger partial charge in [0.1, 0.15) is 0 Å². The van der Waals surface area contributed by atoms with Crippen LogP contribution in [0.1, 0.15) is 240 Å². The second-order valence-electron chi connectivity index (χ2n) is 23.8. The molecule has 0 bridgehead atoms. The minimum absolute atomic E-state index is 0.275. The van der Waals surface area contributed by atoms with Crippen LogP contribution in [-0.4, -0.2) is 145 Å². The molecule has 0 unspecified atom stereocenters. The van der Waals surface area contributed by atoms with Gasteiger partial charge < -0.3 is 45.3 Å². The van der Waals surface area contributed by atoms with Crippen LogP contribution in [0.3, 0.4) is 0 Å². The minimum Gasteiger partial charge on any atom is -0.481 e. The fraction of sp³-hybridized carbons (Fsp3) is 0.950. The molecule has 0 rings (SSSR count). The maximum absolute atomic E-state index is 9.98. The fourth-order valence-corrected chi connectivity index (χ4v) is 5.16. The molecule has 0 aliphatic carbocycles. The molecule has 0 saturated heterocycles. The van der Waals surface area contributed by atoms with E-state index in [2.05, 4.69) is 154 Å². The number of hydrogen-bond donors (Lipinski definition) is 6. The topological polar surface area (TPSA) is 182 Å². The van der Waals surface area contributed by atoms with Crippen molar-refractivity contribution in [3.63, 3.8) is 0 Å². The average Bonchev–Trinajstić information content (AvgIpc) is 3.21. The highest BCUT2D eigenvalue weighted by molar-refractivity contribution is 5.67. The summed E-state index contributed by atoms with van der Waals surface area (Å²) in [5.74, 6) is 4.09. The van der Waals surface area contributed by atoms with Crippen molar-refractivity contribution < 1.29 is 45.0 Å². The molecule has 0 aliphatic rings. The van der Waals surface area contributed by atoms with Crippen molar-refractivity contribution in [3.8, 4) is 0 Å². The van der Waals surface area contributed by atoms with Gasteiger partial charge in [-0.25, -0.2) is 0 Å². The summed E-state index contributed by atoms with van der Waals surface area (Å²) in [4.78, 5) is 36.4. The largest absolute Gasteiger partial charge is 0.481 e. The van der Waals surface area contributed by atoms with Crippen LogP contribution in [0.5, 0.6) is 0 Å². The first-order valence-electron chi connectivity index (χ1n) is 28.5. The number of aliphatic hydroxyl groups is 3. The Morgan fingerprint density at radius 1 is 0.292 bits per heavy atom. The lowest BCUT2D eigenvalue weighted by Crippen LogP contribution is -2.14. The summed E-state index contributed by atoms with van der Waals surface area (Å²) in [5.41, 5.74) is 0. The van der Waals surface area contributed by atoms with E-state index in [9.17, 15) is 14.4 Å².